The standard InChI is InChI=1S/C12H23NO/c1-2-12(6-4-7-12)10-13-9-11-5-3-8-14-11/h11,13H,2-10H2,1H3. The van der Waals surface area contributed by atoms with Gasteiger partial charge in [-0.15, -0.1) is 0 Å². The maximum Gasteiger partial charge on any atom is 0.0700 e. The normalized spacial score (nSPS) is 30.2. The molecule has 1 heterocycles. The molecule has 0 radical (unpaired) electrons. The van der Waals surface area contributed by atoms with E-state index in [9.17, 15) is 0 Å². The van der Waals surface area contributed by atoms with Gasteiger partial charge in [-0.2, -0.15) is 0 Å². The van der Waals surface area contributed by atoms with Gasteiger partial charge in [0.15, 0.2) is 0 Å². The van der Waals surface area contributed by atoms with E-state index in [1.807, 2.05) is 0 Å². The molecule has 1 N–H and O–H groups in total. The first-order chi connectivity index (χ1) is 6.85. The molecule has 1 aliphatic carbocycles. The third kappa shape index (κ3) is 2.29. The number of nitrogens with one attached hydrogen (secondary N) is 1. The Kier molecular flexibility index (Phi) is 3.45. The van der Waals surface area contributed by atoms with Gasteiger partial charge in [-0.05, 0) is 37.5 Å². The van der Waals surface area contributed by atoms with Gasteiger partial charge in [0.1, 0.15) is 0 Å². The minimum atomic E-state index is 0.504. The highest BCUT2D eigenvalue weighted by atomic mass is 16.5. The second-order valence-corrected chi connectivity index (χ2v) is 4.97. The van der Waals surface area contributed by atoms with Gasteiger partial charge >= 0.3 is 0 Å². The van der Waals surface area contributed by atoms with E-state index >= 15 is 0 Å². The fraction of sp³-hybridized carbons (Fsp3) is 1.00. The predicted octanol–water partition coefficient (Wildman–Crippen LogP) is 2.34. The molecule has 2 heteroatoms. The summed E-state index contributed by atoms with van der Waals surface area (Å²) >= 11 is 0. The Morgan fingerprint density at radius 1 is 1.36 bits per heavy atom. The highest BCUT2D eigenvalue weighted by Gasteiger charge is 2.34. The van der Waals surface area contributed by atoms with Crippen LogP contribution in [0.2, 0.25) is 0 Å². The maximum absolute atomic E-state index is 5.59. The first-order valence-electron chi connectivity index (χ1n) is 6.17. The van der Waals surface area contributed by atoms with Crippen LogP contribution in [0.15, 0.2) is 0 Å². The van der Waals surface area contributed by atoms with Crippen LogP contribution in [0.25, 0.3) is 0 Å². The first-order valence-corrected chi connectivity index (χ1v) is 6.17. The molecule has 2 nitrogen and oxygen atoms in total. The van der Waals surface area contributed by atoms with Crippen LogP contribution < -0.4 is 5.32 Å². The van der Waals surface area contributed by atoms with E-state index in [-0.39, 0.29) is 0 Å². The molecule has 1 unspecified atom stereocenters. The Labute approximate surface area is 87.4 Å². The van der Waals surface area contributed by atoms with Crippen molar-refractivity contribution >= 4 is 0 Å². The average Bonchev–Trinajstić information content (AvgIpc) is 2.62. The fourth-order valence-electron chi connectivity index (χ4n) is 2.64. The highest BCUT2D eigenvalue weighted by Crippen LogP contribution is 2.42. The molecule has 2 fully saturated rings. The average molecular weight is 197 g/mol. The summed E-state index contributed by atoms with van der Waals surface area (Å²) in [6.45, 7) is 5.59. The molecule has 82 valence electrons. The van der Waals surface area contributed by atoms with Gasteiger partial charge in [-0.3, -0.25) is 0 Å². The SMILES string of the molecule is CCC1(CNCC2CCCO2)CCC1. The van der Waals surface area contributed by atoms with E-state index in [1.165, 1.54) is 45.1 Å². The molecule has 0 aromatic heterocycles. The molecule has 0 aromatic rings. The van der Waals surface area contributed by atoms with E-state index in [1.54, 1.807) is 0 Å². The molecule has 0 amide bonds. The van der Waals surface area contributed by atoms with Crippen molar-refractivity contribution in [2.45, 2.75) is 51.6 Å². The van der Waals surface area contributed by atoms with E-state index in [2.05, 4.69) is 12.2 Å². The molecule has 14 heavy (non-hydrogen) atoms. The summed E-state index contributed by atoms with van der Waals surface area (Å²) in [6, 6.07) is 0. The molecule has 1 saturated carbocycles. The second kappa shape index (κ2) is 4.63. The van der Waals surface area contributed by atoms with E-state index in [4.69, 9.17) is 4.74 Å². The fourth-order valence-corrected chi connectivity index (χ4v) is 2.64. The van der Waals surface area contributed by atoms with Crippen LogP contribution in [0.1, 0.15) is 45.4 Å². The van der Waals surface area contributed by atoms with E-state index < -0.39 is 0 Å². The third-order valence-corrected chi connectivity index (χ3v) is 4.06. The molecule has 0 bridgehead atoms. The zero-order valence-corrected chi connectivity index (χ0v) is 9.35. The molecule has 0 spiro atoms. The lowest BCUT2D eigenvalue weighted by Gasteiger charge is -2.41. The lowest BCUT2D eigenvalue weighted by atomic mass is 9.67. The minimum Gasteiger partial charge on any atom is -0.377 e. The lowest BCUT2D eigenvalue weighted by molar-refractivity contribution is 0.0900. The predicted molar refractivity (Wildman–Crippen MR) is 58.4 cm³/mol. The Bertz CT molecular complexity index is 166. The van der Waals surface area contributed by atoms with Crippen molar-refractivity contribution in [1.82, 2.24) is 5.32 Å². The molecular weight excluding hydrogens is 174 g/mol. The Balaban J connectivity index is 1.61. The Morgan fingerprint density at radius 3 is 2.71 bits per heavy atom. The lowest BCUT2D eigenvalue weighted by Crippen LogP contribution is -2.41. The Hall–Kier alpha value is -0.0800. The zero-order chi connectivity index (χ0) is 9.86. The Morgan fingerprint density at radius 2 is 2.21 bits per heavy atom. The van der Waals surface area contributed by atoms with Crippen LogP contribution >= 0.6 is 0 Å². The van der Waals surface area contributed by atoms with E-state index in [0.29, 0.717) is 11.5 Å². The van der Waals surface area contributed by atoms with Gasteiger partial charge in [0.2, 0.25) is 0 Å². The molecule has 0 aromatic carbocycles. The van der Waals surface area contributed by atoms with Crippen LogP contribution in [0, 0.1) is 5.41 Å². The van der Waals surface area contributed by atoms with Crippen molar-refractivity contribution in [2.75, 3.05) is 19.7 Å². The van der Waals surface area contributed by atoms with Crippen molar-refractivity contribution in [3.05, 3.63) is 0 Å². The molecule has 1 atom stereocenters. The van der Waals surface area contributed by atoms with Gasteiger partial charge in [-0.25, -0.2) is 0 Å². The van der Waals surface area contributed by atoms with Crippen LogP contribution in [0.3, 0.4) is 0 Å². The van der Waals surface area contributed by atoms with Crippen molar-refractivity contribution in [2.24, 2.45) is 5.41 Å². The number of ether oxygens (including phenoxy) is 1. The van der Waals surface area contributed by atoms with Crippen LogP contribution in [0.4, 0.5) is 0 Å². The second-order valence-electron chi connectivity index (χ2n) is 4.97. The summed E-state index contributed by atoms with van der Waals surface area (Å²) in [6.07, 6.45) is 8.66. The van der Waals surface area contributed by atoms with Crippen LogP contribution in [0.5, 0.6) is 0 Å². The minimum absolute atomic E-state index is 0.504. The summed E-state index contributed by atoms with van der Waals surface area (Å²) in [5.41, 5.74) is 0.651. The van der Waals surface area contributed by atoms with Gasteiger partial charge in [0, 0.05) is 19.7 Å². The highest BCUT2D eigenvalue weighted by molar-refractivity contribution is 4.88. The largest absolute Gasteiger partial charge is 0.377 e. The van der Waals surface area contributed by atoms with Gasteiger partial charge in [0.05, 0.1) is 6.10 Å². The summed E-state index contributed by atoms with van der Waals surface area (Å²) in [4.78, 5) is 0. The molecule has 2 rings (SSSR count). The smallest absolute Gasteiger partial charge is 0.0700 e. The maximum atomic E-state index is 5.59. The molecule has 1 saturated heterocycles. The monoisotopic (exact) mass is 197 g/mol. The van der Waals surface area contributed by atoms with E-state index in [0.717, 1.165) is 13.2 Å². The summed E-state index contributed by atoms with van der Waals surface area (Å²) < 4.78 is 5.59. The third-order valence-electron chi connectivity index (χ3n) is 4.06. The molecule has 1 aliphatic heterocycles. The van der Waals surface area contributed by atoms with Crippen molar-refractivity contribution < 1.29 is 4.74 Å². The van der Waals surface area contributed by atoms with Gasteiger partial charge in [0.25, 0.3) is 0 Å². The number of hydrogen-bond acceptors (Lipinski definition) is 2. The van der Waals surface area contributed by atoms with Gasteiger partial charge in [-0.1, -0.05) is 13.3 Å². The zero-order valence-electron chi connectivity index (χ0n) is 9.35. The van der Waals surface area contributed by atoms with Crippen molar-refractivity contribution in [1.29, 1.82) is 0 Å². The first kappa shape index (κ1) is 10.4. The van der Waals surface area contributed by atoms with Crippen LogP contribution in [-0.4, -0.2) is 25.8 Å². The summed E-state index contributed by atoms with van der Waals surface area (Å²) in [7, 11) is 0. The number of rotatable bonds is 5. The van der Waals surface area contributed by atoms with Crippen molar-refractivity contribution in [3.63, 3.8) is 0 Å². The van der Waals surface area contributed by atoms with Gasteiger partial charge < -0.3 is 10.1 Å². The van der Waals surface area contributed by atoms with Crippen molar-refractivity contribution in [3.8, 4) is 0 Å². The molecular formula is C12H23NO. The quantitative estimate of drug-likeness (QED) is 0.730. The molecule has 2 aliphatic rings. The topological polar surface area (TPSA) is 21.3 Å². The summed E-state index contributed by atoms with van der Waals surface area (Å²) in [5, 5.41) is 3.60. The number of hydrogen-bond donors (Lipinski definition) is 1. The van der Waals surface area contributed by atoms with Crippen LogP contribution in [-0.2, 0) is 4.74 Å². The summed E-state index contributed by atoms with van der Waals surface area (Å²) in [5.74, 6) is 0.